The molecular formula is C101H192N2O13. The van der Waals surface area contributed by atoms with Crippen LogP contribution in [0.25, 0.3) is 0 Å². The van der Waals surface area contributed by atoms with Crippen molar-refractivity contribution in [3.8, 4) is 0 Å². The lowest BCUT2D eigenvalue weighted by atomic mass is 9.73. The lowest BCUT2D eigenvalue weighted by Crippen LogP contribution is -2.42. The van der Waals surface area contributed by atoms with Crippen LogP contribution in [0.1, 0.15) is 473 Å². The molecule has 0 aromatic heterocycles. The van der Waals surface area contributed by atoms with Crippen LogP contribution in [0.4, 0.5) is 0 Å². The normalized spacial score (nSPS) is 19.0. The molecule has 15 nitrogen and oxygen atoms in total. The summed E-state index contributed by atoms with van der Waals surface area (Å²) in [5.41, 5.74) is 0. The van der Waals surface area contributed by atoms with E-state index in [0.29, 0.717) is 101 Å². The fraction of sp³-hybridized carbons (Fsp3) is 0.960. The van der Waals surface area contributed by atoms with Crippen LogP contribution < -0.4 is 0 Å². The lowest BCUT2D eigenvalue weighted by molar-refractivity contribution is -0.181. The van der Waals surface area contributed by atoms with Gasteiger partial charge in [-0.2, -0.15) is 0 Å². The Bertz CT molecular complexity index is 2230. The van der Waals surface area contributed by atoms with Gasteiger partial charge in [0.1, 0.15) is 0 Å². The molecule has 3 heterocycles. The zero-order chi connectivity index (χ0) is 83.9. The molecule has 0 amide bonds. The van der Waals surface area contributed by atoms with Crippen molar-refractivity contribution in [2.45, 2.75) is 497 Å². The summed E-state index contributed by atoms with van der Waals surface area (Å²) in [5, 5.41) is 0. The zero-order valence-electron chi connectivity index (χ0n) is 78.3. The monoisotopic (exact) mass is 1640 g/mol. The fourth-order valence-corrected chi connectivity index (χ4v) is 18.8. The van der Waals surface area contributed by atoms with E-state index in [4.69, 9.17) is 42.6 Å². The molecule has 0 aliphatic carbocycles. The van der Waals surface area contributed by atoms with E-state index in [1.165, 1.54) is 218 Å². The van der Waals surface area contributed by atoms with E-state index >= 15 is 0 Å². The number of esters is 4. The van der Waals surface area contributed by atoms with Crippen LogP contribution in [0.15, 0.2) is 0 Å². The first kappa shape index (κ1) is 108. The number of hydrogen-bond acceptors (Lipinski definition) is 15. The predicted octanol–water partition coefficient (Wildman–Crippen LogP) is 27.5. The van der Waals surface area contributed by atoms with E-state index in [2.05, 4.69) is 79.3 Å². The third-order valence-electron chi connectivity index (χ3n) is 26.4. The van der Waals surface area contributed by atoms with Crippen LogP contribution in [-0.2, 0) is 61.8 Å². The van der Waals surface area contributed by atoms with E-state index < -0.39 is 11.6 Å². The molecule has 8 unspecified atom stereocenters. The predicted molar refractivity (Wildman–Crippen MR) is 483 cm³/mol. The first-order chi connectivity index (χ1) is 56.7. The van der Waals surface area contributed by atoms with Crippen LogP contribution in [0.5, 0.6) is 0 Å². The summed E-state index contributed by atoms with van der Waals surface area (Å²) < 4.78 is 56.0. The maximum Gasteiger partial charge on any atom is 0.305 e. The second kappa shape index (κ2) is 74.1. The Morgan fingerprint density at radius 1 is 0.345 bits per heavy atom. The van der Waals surface area contributed by atoms with Gasteiger partial charge in [-0.1, -0.05) is 325 Å². The average Bonchev–Trinajstić information content (AvgIpc) is 1.70. The number of carbonyl (C=O) groups is 4. The highest BCUT2D eigenvalue weighted by molar-refractivity contribution is 5.70. The minimum atomic E-state index is -0.497. The number of nitrogens with zero attached hydrogens (tertiary/aromatic N) is 2. The number of rotatable bonds is 84. The van der Waals surface area contributed by atoms with Gasteiger partial charge in [0.05, 0.1) is 65.1 Å². The van der Waals surface area contributed by atoms with Crippen LogP contribution in [-0.4, -0.2) is 151 Å². The largest absolute Gasteiger partial charge is 0.466 e. The second-order valence-electron chi connectivity index (χ2n) is 37.2. The number of carbonyl (C=O) groups excluding carboxylic acids is 4. The first-order valence-corrected chi connectivity index (χ1v) is 50.9. The summed E-state index contributed by atoms with van der Waals surface area (Å²) in [6.45, 7) is 27.4. The molecule has 0 aromatic rings. The minimum Gasteiger partial charge on any atom is -0.466 e. The molecule has 3 aliphatic rings. The van der Waals surface area contributed by atoms with Gasteiger partial charge >= 0.3 is 23.9 Å². The molecule has 15 heteroatoms. The maximum absolute atomic E-state index is 13.2. The molecular weight excluding hydrogens is 1450 g/mol. The van der Waals surface area contributed by atoms with Crippen molar-refractivity contribution in [2.24, 2.45) is 35.5 Å². The van der Waals surface area contributed by atoms with E-state index in [1.807, 2.05) is 0 Å². The van der Waals surface area contributed by atoms with Gasteiger partial charge in [-0.15, -0.1) is 0 Å². The summed E-state index contributed by atoms with van der Waals surface area (Å²) in [5.74, 6) is 2.78. The van der Waals surface area contributed by atoms with E-state index in [1.54, 1.807) is 0 Å². The minimum absolute atomic E-state index is 0.0125. The highest BCUT2D eigenvalue weighted by Gasteiger charge is 2.42. The molecule has 8 atom stereocenters. The highest BCUT2D eigenvalue weighted by atomic mass is 16.8. The summed E-state index contributed by atoms with van der Waals surface area (Å²) in [6, 6.07) is 0. The van der Waals surface area contributed by atoms with Crippen LogP contribution in [0, 0.1) is 35.5 Å². The lowest BCUT2D eigenvalue weighted by Gasteiger charge is -2.32. The molecule has 0 aromatic carbocycles. The summed E-state index contributed by atoms with van der Waals surface area (Å²) in [6.07, 6.45) is 72.2. The fourth-order valence-electron chi connectivity index (χ4n) is 18.8. The maximum atomic E-state index is 13.2. The van der Waals surface area contributed by atoms with Gasteiger partial charge in [-0.05, 0) is 146 Å². The van der Waals surface area contributed by atoms with Gasteiger partial charge < -0.3 is 47.5 Å². The topological polar surface area (TPSA) is 158 Å². The van der Waals surface area contributed by atoms with Gasteiger partial charge in [-0.25, -0.2) is 0 Å². The van der Waals surface area contributed by atoms with Crippen molar-refractivity contribution in [3.05, 3.63) is 0 Å². The molecule has 3 saturated heterocycles. The van der Waals surface area contributed by atoms with Crippen molar-refractivity contribution in [2.75, 3.05) is 93.1 Å². The molecule has 116 heavy (non-hydrogen) atoms. The van der Waals surface area contributed by atoms with Crippen molar-refractivity contribution < 1.29 is 61.8 Å². The Labute approximate surface area is 716 Å². The number of ether oxygens (including phenoxy) is 9. The van der Waals surface area contributed by atoms with E-state index in [0.717, 1.165) is 213 Å². The highest BCUT2D eigenvalue weighted by Crippen LogP contribution is 2.40. The molecule has 3 fully saturated rings. The van der Waals surface area contributed by atoms with Crippen LogP contribution in [0.3, 0.4) is 0 Å². The molecule has 3 aliphatic heterocycles. The molecule has 0 spiro atoms. The smallest absolute Gasteiger partial charge is 0.305 e. The van der Waals surface area contributed by atoms with Crippen molar-refractivity contribution in [3.63, 3.8) is 0 Å². The third-order valence-corrected chi connectivity index (χ3v) is 26.4. The Morgan fingerprint density at radius 2 is 0.655 bits per heavy atom. The average molecular weight is 1640 g/mol. The standard InChI is InChI=1S/C101H192N2O13/c1-11-19-43-58-89(59-44-20-12-2)67-78-110-97(105)62-48-37-29-33-41-52-72-101(114-87-95(116-101)85-103-75-81-108-82-76-103)73-53-42-34-30-38-49-64-99(107)112-80-69-91(60-45-21-13-3)84-93(54-17-7)92(18-8)83-90(57-24-16-6)68-79-111-98(106)63-47-36-28-26-32-40-51-71-100(113-86-94(115-100)65-74-102(9)10)70-50-39-31-25-27-35-46-61-96(104)109-77-66-88(55-22-14-4)56-23-15-5/h88-95H,11-87H2,1-10H3. The van der Waals surface area contributed by atoms with Gasteiger partial charge in [0.25, 0.3) is 0 Å². The number of unbranched alkanes of at least 4 members (excludes halogenated alkanes) is 31. The quantitative estimate of drug-likeness (QED) is 0.0321. The van der Waals surface area contributed by atoms with Crippen molar-refractivity contribution in [1.29, 1.82) is 0 Å². The molecule has 0 N–H and O–H groups in total. The number of hydrogen-bond donors (Lipinski definition) is 0. The Balaban J connectivity index is 1.32. The van der Waals surface area contributed by atoms with Crippen molar-refractivity contribution in [1.82, 2.24) is 9.80 Å². The van der Waals surface area contributed by atoms with Gasteiger partial charge in [0.15, 0.2) is 11.6 Å². The molecule has 0 saturated carbocycles. The SMILES string of the molecule is CCCCCC(CCCCC)CCOC(=O)CCCCCCCCC1(CCCCCCCCC(=O)OCCC(CCCCC)CC(CCC)C(CC)CC(CCCC)CCOC(=O)CCCCCCCCCC2(CCCCCCCCCC(=O)OCCC(CCCC)CCCC)OCC(CCN(C)C)O2)OCC(CN2CCOCC2)O1. The Morgan fingerprint density at radius 3 is 1.01 bits per heavy atom. The summed E-state index contributed by atoms with van der Waals surface area (Å²) >= 11 is 0. The Kier molecular flexibility index (Phi) is 68.8. The molecule has 0 radical (unpaired) electrons. The third kappa shape index (κ3) is 57.1. The van der Waals surface area contributed by atoms with Gasteiger partial charge in [0.2, 0.25) is 0 Å². The molecule has 0 bridgehead atoms. The summed E-state index contributed by atoms with van der Waals surface area (Å²) in [7, 11) is 4.26. The first-order valence-electron chi connectivity index (χ1n) is 50.9. The number of morpholine rings is 1. The Hall–Kier alpha value is -2.40. The van der Waals surface area contributed by atoms with Crippen LogP contribution >= 0.6 is 0 Å². The van der Waals surface area contributed by atoms with Crippen molar-refractivity contribution >= 4 is 23.9 Å². The van der Waals surface area contributed by atoms with Crippen LogP contribution in [0.2, 0.25) is 0 Å². The molecule has 684 valence electrons. The summed E-state index contributed by atoms with van der Waals surface area (Å²) in [4.78, 5) is 56.2. The second-order valence-corrected chi connectivity index (χ2v) is 37.2. The van der Waals surface area contributed by atoms with E-state index in [-0.39, 0.29) is 36.1 Å². The van der Waals surface area contributed by atoms with E-state index in [9.17, 15) is 19.2 Å². The molecule has 3 rings (SSSR count). The van der Waals surface area contributed by atoms with Gasteiger partial charge in [0, 0.05) is 77.5 Å². The zero-order valence-corrected chi connectivity index (χ0v) is 78.3. The van der Waals surface area contributed by atoms with Gasteiger partial charge in [-0.3, -0.25) is 24.1 Å².